The first-order valence-electron chi connectivity index (χ1n) is 7.55. The summed E-state index contributed by atoms with van der Waals surface area (Å²) in [6, 6.07) is 10.0. The number of halogens is 1. The first-order chi connectivity index (χ1) is 11.5. The molecular weight excluding hydrogens is 315 g/mol. The Labute approximate surface area is 137 Å². The molecule has 0 aliphatic heterocycles. The monoisotopic (exact) mass is 330 g/mol. The summed E-state index contributed by atoms with van der Waals surface area (Å²) in [4.78, 5) is 22.4. The van der Waals surface area contributed by atoms with Gasteiger partial charge in [0.15, 0.2) is 0 Å². The molecule has 2 aromatic rings. The number of nitro groups is 1. The molecule has 0 heterocycles. The summed E-state index contributed by atoms with van der Waals surface area (Å²) in [7, 11) is 0. The van der Waals surface area contributed by atoms with Gasteiger partial charge < -0.3 is 10.1 Å². The number of anilines is 1. The Morgan fingerprint density at radius 1 is 1.25 bits per heavy atom. The molecule has 0 radical (unpaired) electrons. The van der Waals surface area contributed by atoms with Gasteiger partial charge in [-0.1, -0.05) is 12.1 Å². The van der Waals surface area contributed by atoms with Crippen molar-refractivity contribution in [3.05, 3.63) is 64.0 Å². The Morgan fingerprint density at radius 2 is 2.00 bits per heavy atom. The number of amides is 1. The van der Waals surface area contributed by atoms with Crippen LogP contribution in [0.4, 0.5) is 15.8 Å². The highest BCUT2D eigenvalue weighted by Crippen LogP contribution is 2.28. The summed E-state index contributed by atoms with van der Waals surface area (Å²) in [6.45, 7) is 0. The maximum Gasteiger partial charge on any atom is 0.306 e. The van der Waals surface area contributed by atoms with Gasteiger partial charge in [-0.05, 0) is 43.5 Å². The van der Waals surface area contributed by atoms with Gasteiger partial charge in [-0.2, -0.15) is 4.39 Å². The van der Waals surface area contributed by atoms with Gasteiger partial charge in [0.25, 0.3) is 5.91 Å². The number of nitrogens with one attached hydrogen (secondary N) is 1. The van der Waals surface area contributed by atoms with E-state index in [9.17, 15) is 19.3 Å². The molecule has 1 aliphatic rings. The van der Waals surface area contributed by atoms with Gasteiger partial charge in [-0.25, -0.2) is 0 Å². The molecule has 6 nitrogen and oxygen atoms in total. The lowest BCUT2D eigenvalue weighted by Crippen LogP contribution is -2.26. The van der Waals surface area contributed by atoms with Crippen molar-refractivity contribution in [2.45, 2.75) is 25.4 Å². The van der Waals surface area contributed by atoms with E-state index >= 15 is 0 Å². The minimum atomic E-state index is -0.952. The molecule has 24 heavy (non-hydrogen) atoms. The van der Waals surface area contributed by atoms with Crippen LogP contribution in [0.3, 0.4) is 0 Å². The number of para-hydroxylation sites is 1. The number of carbonyl (C=O) groups excluding carboxylic acids is 1. The van der Waals surface area contributed by atoms with Crippen molar-refractivity contribution in [3.63, 3.8) is 0 Å². The lowest BCUT2D eigenvalue weighted by Gasteiger charge is -2.27. The summed E-state index contributed by atoms with van der Waals surface area (Å²) in [5.74, 6) is -0.950. The zero-order valence-corrected chi connectivity index (χ0v) is 12.7. The number of hydrogen-bond acceptors (Lipinski definition) is 4. The molecule has 7 heteroatoms. The fourth-order valence-electron chi connectivity index (χ4n) is 2.35. The Balaban J connectivity index is 1.80. The number of nitro benzene ring substituents is 1. The average molecular weight is 330 g/mol. The number of benzene rings is 2. The van der Waals surface area contributed by atoms with Crippen molar-refractivity contribution in [1.29, 1.82) is 0 Å². The van der Waals surface area contributed by atoms with Crippen molar-refractivity contribution in [1.82, 2.24) is 0 Å². The van der Waals surface area contributed by atoms with E-state index in [1.807, 2.05) is 0 Å². The molecular formula is C17H15FN2O4. The van der Waals surface area contributed by atoms with Crippen LogP contribution >= 0.6 is 0 Å². The molecule has 3 rings (SSSR count). The van der Waals surface area contributed by atoms with Crippen LogP contribution in [0, 0.1) is 15.9 Å². The van der Waals surface area contributed by atoms with Crippen LogP contribution in [0.25, 0.3) is 0 Å². The molecule has 2 aromatic carbocycles. The van der Waals surface area contributed by atoms with Crippen LogP contribution in [0.5, 0.6) is 5.75 Å². The number of carbonyl (C=O) groups is 1. The number of hydrogen-bond donors (Lipinski definition) is 1. The number of rotatable bonds is 5. The lowest BCUT2D eigenvalue weighted by atomic mass is 9.96. The van der Waals surface area contributed by atoms with Gasteiger partial charge in [0.2, 0.25) is 5.82 Å². The minimum absolute atomic E-state index is 0.117. The van der Waals surface area contributed by atoms with Crippen LogP contribution in [0.15, 0.2) is 42.5 Å². The van der Waals surface area contributed by atoms with Gasteiger partial charge in [0.1, 0.15) is 5.75 Å². The summed E-state index contributed by atoms with van der Waals surface area (Å²) < 4.78 is 19.2. The third-order valence-corrected chi connectivity index (χ3v) is 3.88. The molecule has 1 N–H and O–H groups in total. The second kappa shape index (κ2) is 6.66. The van der Waals surface area contributed by atoms with E-state index in [1.165, 1.54) is 6.07 Å². The van der Waals surface area contributed by atoms with E-state index in [4.69, 9.17) is 4.74 Å². The van der Waals surface area contributed by atoms with Crippen LogP contribution < -0.4 is 10.1 Å². The SMILES string of the molecule is O=C(Nc1ccc(F)c([N+](=O)[O-])c1)c1ccccc1OC1CCC1. The van der Waals surface area contributed by atoms with Crippen LogP contribution in [0.1, 0.15) is 29.6 Å². The quantitative estimate of drug-likeness (QED) is 0.665. The third-order valence-electron chi connectivity index (χ3n) is 3.88. The summed E-state index contributed by atoms with van der Waals surface area (Å²) in [5, 5.41) is 13.3. The van der Waals surface area contributed by atoms with Gasteiger partial charge in [-0.3, -0.25) is 14.9 Å². The smallest absolute Gasteiger partial charge is 0.306 e. The highest BCUT2D eigenvalue weighted by molar-refractivity contribution is 6.06. The molecule has 0 spiro atoms. The van der Waals surface area contributed by atoms with E-state index in [2.05, 4.69) is 5.32 Å². The maximum absolute atomic E-state index is 13.4. The molecule has 0 unspecified atom stereocenters. The van der Waals surface area contributed by atoms with Crippen molar-refractivity contribution in [2.75, 3.05) is 5.32 Å². The van der Waals surface area contributed by atoms with Gasteiger partial charge in [0.05, 0.1) is 16.6 Å². The molecule has 124 valence electrons. The maximum atomic E-state index is 13.4. The largest absolute Gasteiger partial charge is 0.490 e. The molecule has 0 bridgehead atoms. The molecule has 1 amide bonds. The van der Waals surface area contributed by atoms with E-state index in [1.54, 1.807) is 24.3 Å². The third kappa shape index (κ3) is 3.34. The van der Waals surface area contributed by atoms with Gasteiger partial charge in [-0.15, -0.1) is 0 Å². The zero-order valence-electron chi connectivity index (χ0n) is 12.7. The van der Waals surface area contributed by atoms with Crippen LogP contribution in [-0.4, -0.2) is 16.9 Å². The Hall–Kier alpha value is -2.96. The highest BCUT2D eigenvalue weighted by Gasteiger charge is 2.22. The second-order valence-corrected chi connectivity index (χ2v) is 5.54. The second-order valence-electron chi connectivity index (χ2n) is 5.54. The van der Waals surface area contributed by atoms with E-state index in [0.29, 0.717) is 11.3 Å². The molecule has 1 saturated carbocycles. The van der Waals surface area contributed by atoms with Gasteiger partial charge in [0, 0.05) is 11.8 Å². The number of ether oxygens (including phenoxy) is 1. The standard InChI is InChI=1S/C17H15FN2O4/c18-14-9-8-11(10-15(14)20(22)23)19-17(21)13-6-1-2-7-16(13)24-12-4-3-5-12/h1-2,6-10,12H,3-5H2,(H,19,21). The van der Waals surface area contributed by atoms with Crippen molar-refractivity contribution >= 4 is 17.3 Å². The normalized spacial score (nSPS) is 13.9. The lowest BCUT2D eigenvalue weighted by molar-refractivity contribution is -0.387. The van der Waals surface area contributed by atoms with Crippen LogP contribution in [0.2, 0.25) is 0 Å². The Bertz CT molecular complexity index is 790. The van der Waals surface area contributed by atoms with E-state index < -0.39 is 22.3 Å². The molecule has 0 saturated heterocycles. The zero-order chi connectivity index (χ0) is 17.1. The fraction of sp³-hybridized carbons (Fsp3) is 0.235. The minimum Gasteiger partial charge on any atom is -0.490 e. The van der Waals surface area contributed by atoms with Crippen LogP contribution in [-0.2, 0) is 0 Å². The van der Waals surface area contributed by atoms with Gasteiger partial charge >= 0.3 is 5.69 Å². The Morgan fingerprint density at radius 3 is 2.67 bits per heavy atom. The predicted octanol–water partition coefficient (Wildman–Crippen LogP) is 3.92. The summed E-state index contributed by atoms with van der Waals surface area (Å²) >= 11 is 0. The van der Waals surface area contributed by atoms with Crippen molar-refractivity contribution in [3.8, 4) is 5.75 Å². The predicted molar refractivity (Wildman–Crippen MR) is 85.7 cm³/mol. The highest BCUT2D eigenvalue weighted by atomic mass is 19.1. The van der Waals surface area contributed by atoms with E-state index in [0.717, 1.165) is 31.4 Å². The summed E-state index contributed by atoms with van der Waals surface area (Å²) in [6.07, 6.45) is 3.14. The molecule has 1 aliphatic carbocycles. The number of nitrogens with zero attached hydrogens (tertiary/aromatic N) is 1. The van der Waals surface area contributed by atoms with E-state index in [-0.39, 0.29) is 11.8 Å². The first-order valence-corrected chi connectivity index (χ1v) is 7.55. The summed E-state index contributed by atoms with van der Waals surface area (Å²) in [5.41, 5.74) is -0.213. The molecule has 0 aromatic heterocycles. The van der Waals surface area contributed by atoms with Crippen molar-refractivity contribution < 1.29 is 18.8 Å². The van der Waals surface area contributed by atoms with Crippen molar-refractivity contribution in [2.24, 2.45) is 0 Å². The Kier molecular flexibility index (Phi) is 4.41. The molecule has 0 atom stereocenters. The fourth-order valence-corrected chi connectivity index (χ4v) is 2.35. The topological polar surface area (TPSA) is 81.5 Å². The average Bonchev–Trinajstić information content (AvgIpc) is 2.53. The molecule has 1 fully saturated rings. The first kappa shape index (κ1) is 15.9.